The Kier molecular flexibility index (Phi) is 4.64. The molecule has 2 heteroatoms. The van der Waals surface area contributed by atoms with Gasteiger partial charge in [-0.2, -0.15) is 0 Å². The van der Waals surface area contributed by atoms with Crippen molar-refractivity contribution in [3.05, 3.63) is 83.4 Å². The van der Waals surface area contributed by atoms with Crippen molar-refractivity contribution in [3.8, 4) is 11.1 Å². The average Bonchev–Trinajstić information content (AvgIpc) is 2.67. The first kappa shape index (κ1) is 18.2. The van der Waals surface area contributed by atoms with E-state index in [1.165, 1.54) is 38.2 Å². The number of esters is 1. The van der Waals surface area contributed by atoms with Crippen molar-refractivity contribution in [1.29, 1.82) is 0 Å². The lowest BCUT2D eigenvalue weighted by Crippen LogP contribution is -2.11. The van der Waals surface area contributed by atoms with E-state index in [4.69, 9.17) is 4.74 Å². The Morgan fingerprint density at radius 1 is 0.821 bits per heavy atom. The van der Waals surface area contributed by atoms with Crippen molar-refractivity contribution in [2.45, 2.75) is 33.8 Å². The van der Waals surface area contributed by atoms with Gasteiger partial charge in [-0.3, -0.25) is 0 Å². The van der Waals surface area contributed by atoms with Crippen LogP contribution in [0, 0.1) is 13.8 Å². The predicted molar refractivity (Wildman–Crippen MR) is 117 cm³/mol. The van der Waals surface area contributed by atoms with Crippen LogP contribution in [0.1, 0.15) is 35.3 Å². The molecule has 0 bridgehead atoms. The molecule has 0 radical (unpaired) electrons. The van der Waals surface area contributed by atoms with Crippen molar-refractivity contribution in [3.63, 3.8) is 0 Å². The van der Waals surface area contributed by atoms with Crippen LogP contribution in [-0.4, -0.2) is 12.1 Å². The maximum absolute atomic E-state index is 12.2. The minimum atomic E-state index is -0.279. The molecule has 0 aromatic heterocycles. The molecule has 0 spiro atoms. The summed E-state index contributed by atoms with van der Waals surface area (Å²) in [6.07, 6.45) is -0.122. The maximum atomic E-state index is 12.2. The fraction of sp³-hybridized carbons (Fsp3) is 0.192. The second-order valence-electron chi connectivity index (χ2n) is 7.65. The molecule has 0 amide bonds. The fourth-order valence-electron chi connectivity index (χ4n) is 3.76. The Hall–Kier alpha value is -3.13. The highest BCUT2D eigenvalue weighted by Gasteiger charge is 2.13. The molecule has 0 aliphatic rings. The van der Waals surface area contributed by atoms with E-state index in [-0.39, 0.29) is 12.1 Å². The van der Waals surface area contributed by atoms with Gasteiger partial charge in [-0.05, 0) is 95.8 Å². The molecule has 0 aliphatic heterocycles. The summed E-state index contributed by atoms with van der Waals surface area (Å²) >= 11 is 0. The number of benzene rings is 4. The number of carbonyl (C=O) groups excluding carboxylic acids is 1. The second kappa shape index (κ2) is 7.12. The molecule has 0 fully saturated rings. The van der Waals surface area contributed by atoms with Crippen LogP contribution in [0.4, 0.5) is 0 Å². The van der Waals surface area contributed by atoms with Gasteiger partial charge in [0, 0.05) is 0 Å². The lowest BCUT2D eigenvalue weighted by molar-refractivity contribution is 0.0378. The Morgan fingerprint density at radius 3 is 2.11 bits per heavy atom. The zero-order valence-electron chi connectivity index (χ0n) is 16.7. The van der Waals surface area contributed by atoms with Gasteiger partial charge < -0.3 is 4.74 Å². The Balaban J connectivity index is 1.88. The lowest BCUT2D eigenvalue weighted by Gasteiger charge is -2.15. The van der Waals surface area contributed by atoms with Gasteiger partial charge in [-0.25, -0.2) is 4.79 Å². The normalized spacial score (nSPS) is 11.3. The molecule has 28 heavy (non-hydrogen) atoms. The number of rotatable bonds is 3. The molecule has 2 nitrogen and oxygen atoms in total. The van der Waals surface area contributed by atoms with Gasteiger partial charge >= 0.3 is 5.97 Å². The van der Waals surface area contributed by atoms with E-state index in [1.54, 1.807) is 0 Å². The van der Waals surface area contributed by atoms with Crippen LogP contribution in [-0.2, 0) is 4.74 Å². The Bertz CT molecular complexity index is 1180. The van der Waals surface area contributed by atoms with E-state index in [2.05, 4.69) is 56.3 Å². The first-order valence-corrected chi connectivity index (χ1v) is 9.68. The van der Waals surface area contributed by atoms with Crippen molar-refractivity contribution >= 4 is 27.5 Å². The molecular formula is C26H24O2. The molecule has 4 rings (SSSR count). The largest absolute Gasteiger partial charge is 0.459 e. The van der Waals surface area contributed by atoms with E-state index in [1.807, 2.05) is 38.1 Å². The molecule has 0 saturated carbocycles. The highest BCUT2D eigenvalue weighted by molar-refractivity contribution is 6.06. The summed E-state index contributed by atoms with van der Waals surface area (Å²) in [6, 6.07) is 23.0. The first-order valence-electron chi connectivity index (χ1n) is 9.68. The number of hydrogen-bond acceptors (Lipinski definition) is 2. The van der Waals surface area contributed by atoms with Crippen LogP contribution in [0.3, 0.4) is 0 Å². The molecule has 0 heterocycles. The molecule has 4 aromatic carbocycles. The number of hydrogen-bond donors (Lipinski definition) is 0. The van der Waals surface area contributed by atoms with E-state index in [0.717, 1.165) is 5.56 Å². The van der Waals surface area contributed by atoms with Gasteiger partial charge in [-0.15, -0.1) is 0 Å². The van der Waals surface area contributed by atoms with Gasteiger partial charge in [0.2, 0.25) is 0 Å². The van der Waals surface area contributed by atoms with Crippen LogP contribution < -0.4 is 0 Å². The van der Waals surface area contributed by atoms with Gasteiger partial charge in [0.1, 0.15) is 0 Å². The summed E-state index contributed by atoms with van der Waals surface area (Å²) in [4.78, 5) is 12.2. The quantitative estimate of drug-likeness (QED) is 0.292. The minimum Gasteiger partial charge on any atom is -0.459 e. The van der Waals surface area contributed by atoms with Gasteiger partial charge in [0.05, 0.1) is 11.7 Å². The van der Waals surface area contributed by atoms with E-state index in [0.29, 0.717) is 5.56 Å². The van der Waals surface area contributed by atoms with Crippen LogP contribution in [0.5, 0.6) is 0 Å². The monoisotopic (exact) mass is 368 g/mol. The molecule has 0 aliphatic carbocycles. The van der Waals surface area contributed by atoms with E-state index < -0.39 is 0 Å². The zero-order valence-corrected chi connectivity index (χ0v) is 16.7. The third-order valence-electron chi connectivity index (χ3n) is 5.28. The summed E-state index contributed by atoms with van der Waals surface area (Å²) in [6.45, 7) is 8.04. The first-order chi connectivity index (χ1) is 13.4. The minimum absolute atomic E-state index is 0.122. The molecule has 140 valence electrons. The van der Waals surface area contributed by atoms with Crippen molar-refractivity contribution in [1.82, 2.24) is 0 Å². The lowest BCUT2D eigenvalue weighted by atomic mass is 9.89. The predicted octanol–water partition coefficient (Wildman–Crippen LogP) is 6.84. The van der Waals surface area contributed by atoms with E-state index >= 15 is 0 Å². The van der Waals surface area contributed by atoms with Gasteiger partial charge in [-0.1, -0.05) is 42.5 Å². The zero-order chi connectivity index (χ0) is 19.8. The molecule has 4 aromatic rings. The average molecular weight is 368 g/mol. The molecule has 0 unspecified atom stereocenters. The summed E-state index contributed by atoms with van der Waals surface area (Å²) in [5, 5.41) is 4.95. The van der Waals surface area contributed by atoms with Crippen molar-refractivity contribution < 1.29 is 9.53 Å². The third kappa shape index (κ3) is 3.27. The molecule has 0 saturated heterocycles. The Labute approximate surface area is 165 Å². The van der Waals surface area contributed by atoms with E-state index in [9.17, 15) is 4.79 Å². The molecular weight excluding hydrogens is 344 g/mol. The third-order valence-corrected chi connectivity index (χ3v) is 5.28. The fourth-order valence-corrected chi connectivity index (χ4v) is 3.76. The summed E-state index contributed by atoms with van der Waals surface area (Å²) in [7, 11) is 0. The smallest absolute Gasteiger partial charge is 0.338 e. The number of aryl methyl sites for hydroxylation is 1. The Morgan fingerprint density at radius 2 is 1.46 bits per heavy atom. The van der Waals surface area contributed by atoms with Crippen molar-refractivity contribution in [2.24, 2.45) is 0 Å². The maximum Gasteiger partial charge on any atom is 0.338 e. The summed E-state index contributed by atoms with van der Waals surface area (Å²) in [5.74, 6) is -0.279. The number of carbonyl (C=O) groups is 1. The van der Waals surface area contributed by atoms with Crippen LogP contribution in [0.25, 0.3) is 32.7 Å². The van der Waals surface area contributed by atoms with Gasteiger partial charge in [0.25, 0.3) is 0 Å². The summed E-state index contributed by atoms with van der Waals surface area (Å²) in [5.41, 5.74) is 5.45. The van der Waals surface area contributed by atoms with Crippen LogP contribution in [0.2, 0.25) is 0 Å². The summed E-state index contributed by atoms with van der Waals surface area (Å²) < 4.78 is 5.30. The van der Waals surface area contributed by atoms with Crippen LogP contribution in [0.15, 0.2) is 66.7 Å². The number of ether oxygens (including phenoxy) is 1. The van der Waals surface area contributed by atoms with Crippen LogP contribution >= 0.6 is 0 Å². The second-order valence-corrected chi connectivity index (χ2v) is 7.65. The SMILES string of the molecule is Cc1cc2cc3ccccc3cc2c(-c2ccc(C(=O)OC(C)C)cc2)c1C. The standard InChI is InChI=1S/C26H24O2/c1-16(2)28-26(27)20-11-9-19(10-12-20)25-18(4)17(3)13-23-14-21-7-5-6-8-22(21)15-24(23)25/h5-16H,1-4H3. The highest BCUT2D eigenvalue weighted by atomic mass is 16.5. The topological polar surface area (TPSA) is 26.3 Å². The van der Waals surface area contributed by atoms with Crippen molar-refractivity contribution in [2.75, 3.05) is 0 Å². The van der Waals surface area contributed by atoms with Gasteiger partial charge in [0.15, 0.2) is 0 Å². The highest BCUT2D eigenvalue weighted by Crippen LogP contribution is 2.36. The molecule has 0 atom stereocenters. The molecule has 0 N–H and O–H groups in total. The number of fused-ring (bicyclic) bond motifs is 2.